The number of carboxylic acids is 1. The van der Waals surface area contributed by atoms with Gasteiger partial charge in [0, 0.05) is 12.0 Å². The topological polar surface area (TPSA) is 105 Å². The first-order chi connectivity index (χ1) is 15.4. The quantitative estimate of drug-likeness (QED) is 0.641. The summed E-state index contributed by atoms with van der Waals surface area (Å²) in [7, 11) is 0. The number of benzene rings is 2. The van der Waals surface area contributed by atoms with E-state index >= 15 is 0 Å². The Balaban J connectivity index is 1.30. The van der Waals surface area contributed by atoms with Crippen LogP contribution in [0, 0.1) is 5.92 Å². The van der Waals surface area contributed by atoms with Crippen molar-refractivity contribution in [2.24, 2.45) is 5.92 Å². The van der Waals surface area contributed by atoms with E-state index in [9.17, 15) is 19.5 Å². The maximum absolute atomic E-state index is 12.5. The Morgan fingerprint density at radius 3 is 2.28 bits per heavy atom. The molecule has 0 spiro atoms. The summed E-state index contributed by atoms with van der Waals surface area (Å²) in [6.45, 7) is 1.77. The highest BCUT2D eigenvalue weighted by atomic mass is 16.5. The van der Waals surface area contributed by atoms with Crippen molar-refractivity contribution in [3.05, 3.63) is 59.7 Å². The van der Waals surface area contributed by atoms with E-state index in [4.69, 9.17) is 4.74 Å². The fourth-order valence-electron chi connectivity index (χ4n) is 4.75. The largest absolute Gasteiger partial charge is 0.481 e. The molecule has 0 heterocycles. The maximum atomic E-state index is 12.5. The smallest absolute Gasteiger partial charge is 0.407 e. The average Bonchev–Trinajstić information content (AvgIpc) is 3.11. The highest BCUT2D eigenvalue weighted by Crippen LogP contribution is 2.44. The average molecular weight is 437 g/mol. The zero-order valence-corrected chi connectivity index (χ0v) is 18.0. The molecule has 0 bridgehead atoms. The first kappa shape index (κ1) is 21.9. The van der Waals surface area contributed by atoms with Gasteiger partial charge in [0.25, 0.3) is 0 Å². The molecule has 1 saturated carbocycles. The van der Waals surface area contributed by atoms with Gasteiger partial charge in [-0.2, -0.15) is 0 Å². The normalized spacial score (nSPS) is 20.5. The number of amides is 2. The predicted molar refractivity (Wildman–Crippen MR) is 119 cm³/mol. The molecule has 0 aliphatic heterocycles. The molecule has 3 N–H and O–H groups in total. The second-order valence-corrected chi connectivity index (χ2v) is 8.60. The van der Waals surface area contributed by atoms with Crippen molar-refractivity contribution in [2.45, 2.75) is 50.6 Å². The minimum Gasteiger partial charge on any atom is -0.481 e. The molecular formula is C25H28N2O5. The van der Waals surface area contributed by atoms with E-state index in [1.54, 1.807) is 6.92 Å². The third kappa shape index (κ3) is 4.61. The number of carbonyl (C=O) groups is 3. The maximum Gasteiger partial charge on any atom is 0.407 e. The first-order valence-corrected chi connectivity index (χ1v) is 11.1. The first-order valence-electron chi connectivity index (χ1n) is 11.1. The standard InChI is InChI=1S/C25H28N2O5/c1-15(23(28)27-17-8-6-7-16(13-17)24(29)30)26-25(31)32-14-22-20-11-4-2-9-18(20)19-10-3-5-12-21(19)22/h2-5,9-12,15-17,22H,6-8,13-14H2,1H3,(H,26,31)(H,27,28)(H,29,30)/t15?,16-,17+/m0/s1. The van der Waals surface area contributed by atoms with Crippen LogP contribution in [0.3, 0.4) is 0 Å². The van der Waals surface area contributed by atoms with Crippen molar-refractivity contribution in [3.8, 4) is 11.1 Å². The van der Waals surface area contributed by atoms with Crippen LogP contribution in [-0.4, -0.2) is 41.8 Å². The zero-order chi connectivity index (χ0) is 22.7. The Bertz CT molecular complexity index is 975. The number of fused-ring (bicyclic) bond motifs is 3. The summed E-state index contributed by atoms with van der Waals surface area (Å²) in [5, 5.41) is 14.6. The van der Waals surface area contributed by atoms with Crippen LogP contribution in [0.4, 0.5) is 4.79 Å². The van der Waals surface area contributed by atoms with Crippen LogP contribution in [0.2, 0.25) is 0 Å². The number of ether oxygens (including phenoxy) is 1. The number of hydrogen-bond donors (Lipinski definition) is 3. The van der Waals surface area contributed by atoms with Gasteiger partial charge in [-0.25, -0.2) is 4.79 Å². The third-order valence-electron chi connectivity index (χ3n) is 6.44. The van der Waals surface area contributed by atoms with Crippen LogP contribution in [0.25, 0.3) is 11.1 Å². The Labute approximate surface area is 187 Å². The minimum atomic E-state index is -0.825. The number of aliphatic carboxylic acids is 1. The van der Waals surface area contributed by atoms with Gasteiger partial charge in [-0.3, -0.25) is 9.59 Å². The van der Waals surface area contributed by atoms with Gasteiger partial charge in [-0.15, -0.1) is 0 Å². The van der Waals surface area contributed by atoms with E-state index in [1.165, 1.54) is 0 Å². The van der Waals surface area contributed by atoms with Crippen LogP contribution >= 0.6 is 0 Å². The lowest BCUT2D eigenvalue weighted by molar-refractivity contribution is -0.143. The Hall–Kier alpha value is -3.35. The number of alkyl carbamates (subject to hydrolysis) is 1. The van der Waals surface area contributed by atoms with Crippen molar-refractivity contribution < 1.29 is 24.2 Å². The molecule has 0 saturated heterocycles. The molecule has 1 fully saturated rings. The predicted octanol–water partition coefficient (Wildman–Crippen LogP) is 3.67. The Morgan fingerprint density at radius 1 is 1.03 bits per heavy atom. The highest BCUT2D eigenvalue weighted by molar-refractivity contribution is 5.85. The summed E-state index contributed by atoms with van der Waals surface area (Å²) in [6, 6.07) is 15.2. The summed E-state index contributed by atoms with van der Waals surface area (Å²) in [5.41, 5.74) is 4.55. The van der Waals surface area contributed by atoms with Crippen molar-refractivity contribution in [2.75, 3.05) is 6.61 Å². The van der Waals surface area contributed by atoms with E-state index < -0.39 is 24.0 Å². The molecule has 7 nitrogen and oxygen atoms in total. The number of hydrogen-bond acceptors (Lipinski definition) is 4. The van der Waals surface area contributed by atoms with Gasteiger partial charge in [-0.05, 0) is 48.4 Å². The summed E-state index contributed by atoms with van der Waals surface area (Å²) in [6.07, 6.45) is 1.90. The van der Waals surface area contributed by atoms with Crippen molar-refractivity contribution in [1.82, 2.24) is 10.6 Å². The van der Waals surface area contributed by atoms with Gasteiger partial charge in [-0.1, -0.05) is 55.0 Å². The lowest BCUT2D eigenvalue weighted by Crippen LogP contribution is -2.49. The summed E-state index contributed by atoms with van der Waals surface area (Å²) in [4.78, 5) is 36.1. The molecule has 4 rings (SSSR count). The Kier molecular flexibility index (Phi) is 6.44. The summed E-state index contributed by atoms with van der Waals surface area (Å²) in [5.74, 6) is -1.64. The molecule has 7 heteroatoms. The van der Waals surface area contributed by atoms with Crippen molar-refractivity contribution >= 4 is 18.0 Å². The number of nitrogens with one attached hydrogen (secondary N) is 2. The molecule has 2 aromatic rings. The van der Waals surface area contributed by atoms with Crippen LogP contribution in [-0.2, 0) is 14.3 Å². The van der Waals surface area contributed by atoms with Crippen LogP contribution < -0.4 is 10.6 Å². The minimum absolute atomic E-state index is 0.0486. The molecule has 2 aliphatic carbocycles. The van der Waals surface area contributed by atoms with E-state index in [0.717, 1.165) is 35.1 Å². The lowest BCUT2D eigenvalue weighted by Gasteiger charge is -2.28. The van der Waals surface area contributed by atoms with Crippen molar-refractivity contribution in [3.63, 3.8) is 0 Å². The molecular weight excluding hydrogens is 408 g/mol. The van der Waals surface area contributed by atoms with Crippen LogP contribution in [0.1, 0.15) is 49.7 Å². The highest BCUT2D eigenvalue weighted by Gasteiger charge is 2.31. The van der Waals surface area contributed by atoms with Gasteiger partial charge in [0.15, 0.2) is 0 Å². The van der Waals surface area contributed by atoms with E-state index in [2.05, 4.69) is 22.8 Å². The van der Waals surface area contributed by atoms with Crippen molar-refractivity contribution in [1.29, 1.82) is 0 Å². The third-order valence-corrected chi connectivity index (χ3v) is 6.44. The molecule has 32 heavy (non-hydrogen) atoms. The monoisotopic (exact) mass is 436 g/mol. The molecule has 1 unspecified atom stereocenters. The SMILES string of the molecule is CC(NC(=O)OCC1c2ccccc2-c2ccccc21)C(=O)N[C@@H]1CCC[C@H](C(=O)O)C1. The van der Waals surface area contributed by atoms with Crippen LogP contribution in [0.5, 0.6) is 0 Å². The fraction of sp³-hybridized carbons (Fsp3) is 0.400. The fourth-order valence-corrected chi connectivity index (χ4v) is 4.75. The van der Waals surface area contributed by atoms with E-state index in [0.29, 0.717) is 12.8 Å². The molecule has 2 amide bonds. The summed E-state index contributed by atoms with van der Waals surface area (Å²) < 4.78 is 5.49. The molecule has 2 aliphatic rings. The lowest BCUT2D eigenvalue weighted by atomic mass is 9.85. The van der Waals surface area contributed by atoms with E-state index in [-0.39, 0.29) is 24.5 Å². The number of rotatable bonds is 6. The van der Waals surface area contributed by atoms with Gasteiger partial charge >= 0.3 is 12.1 Å². The number of carboxylic acid groups (broad SMARTS) is 1. The molecule has 2 aromatic carbocycles. The van der Waals surface area contributed by atoms with Gasteiger partial charge < -0.3 is 20.5 Å². The van der Waals surface area contributed by atoms with Gasteiger partial charge in [0.1, 0.15) is 12.6 Å². The Morgan fingerprint density at radius 2 is 1.66 bits per heavy atom. The summed E-state index contributed by atoms with van der Waals surface area (Å²) >= 11 is 0. The molecule has 3 atom stereocenters. The second-order valence-electron chi connectivity index (χ2n) is 8.60. The van der Waals surface area contributed by atoms with Crippen LogP contribution in [0.15, 0.2) is 48.5 Å². The van der Waals surface area contributed by atoms with E-state index in [1.807, 2.05) is 36.4 Å². The van der Waals surface area contributed by atoms with Gasteiger partial charge in [0.2, 0.25) is 5.91 Å². The molecule has 0 radical (unpaired) electrons. The molecule has 0 aromatic heterocycles. The van der Waals surface area contributed by atoms with Gasteiger partial charge in [0.05, 0.1) is 5.92 Å². The molecule has 168 valence electrons. The number of carbonyl (C=O) groups excluding carboxylic acids is 2. The second kappa shape index (κ2) is 9.42. The zero-order valence-electron chi connectivity index (χ0n) is 18.0.